The molecule has 0 amide bonds. The van der Waals surface area contributed by atoms with Crippen LogP contribution in [0.5, 0.6) is 0 Å². The van der Waals surface area contributed by atoms with Crippen molar-refractivity contribution in [3.8, 4) is 0 Å². The van der Waals surface area contributed by atoms with Gasteiger partial charge in [0.15, 0.2) is 0 Å². The predicted octanol–water partition coefficient (Wildman–Crippen LogP) is 17.6. The van der Waals surface area contributed by atoms with Crippen LogP contribution in [0.15, 0.2) is 24.3 Å². The first-order chi connectivity index (χ1) is 23.9. The fourth-order valence-corrected chi connectivity index (χ4v) is 7.83. The molecule has 48 heavy (non-hydrogen) atoms. The molecule has 0 heteroatoms. The Morgan fingerprint density at radius 1 is 0.229 bits per heavy atom. The highest BCUT2D eigenvalue weighted by molar-refractivity contribution is 5.27. The van der Waals surface area contributed by atoms with E-state index in [-0.39, 0.29) is 0 Å². The number of hydrogen-bond acceptors (Lipinski definition) is 0. The van der Waals surface area contributed by atoms with Gasteiger partial charge in [-0.25, -0.2) is 0 Å². The highest BCUT2D eigenvalue weighted by atomic mass is 14.1. The van der Waals surface area contributed by atoms with E-state index in [1.807, 2.05) is 0 Å². The molecule has 0 atom stereocenters. The molecule has 1 rings (SSSR count). The second-order valence-corrected chi connectivity index (χ2v) is 16.0. The molecule has 0 heterocycles. The minimum absolute atomic E-state index is 1.30. The van der Waals surface area contributed by atoms with E-state index in [0.29, 0.717) is 0 Å². The Morgan fingerprint density at radius 2 is 0.396 bits per heavy atom. The average molecular weight is 667 g/mol. The first-order valence-electron chi connectivity index (χ1n) is 22.9. The highest BCUT2D eigenvalue weighted by Crippen LogP contribution is 2.19. The number of hydrogen-bond donors (Lipinski definition) is 0. The molecule has 1 aromatic rings. The van der Waals surface area contributed by atoms with Gasteiger partial charge in [0.05, 0.1) is 0 Å². The van der Waals surface area contributed by atoms with Crippen LogP contribution in [0.1, 0.15) is 269 Å². The SMILES string of the molecule is CCCCCCCCCCCCCCCCCCCCCc1ccccc1CCCCCCCCCCCCCCCCCCCCC. The highest BCUT2D eigenvalue weighted by Gasteiger charge is 2.03. The van der Waals surface area contributed by atoms with Crippen LogP contribution in [0.2, 0.25) is 0 Å². The number of aryl methyl sites for hydroxylation is 2. The largest absolute Gasteiger partial charge is 0.0654 e. The normalized spacial score (nSPS) is 11.5. The minimum Gasteiger partial charge on any atom is -0.0654 e. The zero-order valence-electron chi connectivity index (χ0n) is 33.6. The maximum absolute atomic E-state index is 2.42. The number of unbranched alkanes of at least 4 members (excludes halogenated alkanes) is 36. The van der Waals surface area contributed by atoms with E-state index in [9.17, 15) is 0 Å². The molecule has 0 bridgehead atoms. The first-order valence-corrected chi connectivity index (χ1v) is 22.9. The standard InChI is InChI=1S/C48H90/c1-3-5-7-9-11-13-15-17-19-21-23-25-27-29-31-33-35-37-39-43-47-45-41-42-46-48(47)44-40-38-36-34-32-30-28-26-24-22-20-18-16-14-12-10-8-6-4-2/h41-42,45-46H,3-40,43-44H2,1-2H3. The Kier molecular flexibility index (Phi) is 36.8. The lowest BCUT2D eigenvalue weighted by atomic mass is 9.96. The van der Waals surface area contributed by atoms with E-state index < -0.39 is 0 Å². The summed E-state index contributed by atoms with van der Waals surface area (Å²) < 4.78 is 0. The molecule has 0 spiro atoms. The van der Waals surface area contributed by atoms with Gasteiger partial charge < -0.3 is 0 Å². The van der Waals surface area contributed by atoms with Gasteiger partial charge in [0.1, 0.15) is 0 Å². The van der Waals surface area contributed by atoms with Crippen LogP contribution in [0.4, 0.5) is 0 Å². The molecule has 1 aromatic carbocycles. The van der Waals surface area contributed by atoms with Crippen molar-refractivity contribution in [3.63, 3.8) is 0 Å². The van der Waals surface area contributed by atoms with E-state index >= 15 is 0 Å². The van der Waals surface area contributed by atoms with Gasteiger partial charge in [-0.15, -0.1) is 0 Å². The van der Waals surface area contributed by atoms with E-state index in [1.165, 1.54) is 257 Å². The monoisotopic (exact) mass is 667 g/mol. The number of benzene rings is 1. The zero-order chi connectivity index (χ0) is 34.3. The topological polar surface area (TPSA) is 0 Å². The third-order valence-electron chi connectivity index (χ3n) is 11.2. The smallest absolute Gasteiger partial charge is 0.0276 e. The van der Waals surface area contributed by atoms with Crippen molar-refractivity contribution in [1.82, 2.24) is 0 Å². The van der Waals surface area contributed by atoms with Gasteiger partial charge in [0.25, 0.3) is 0 Å². The zero-order valence-corrected chi connectivity index (χ0v) is 33.6. The quantitative estimate of drug-likeness (QED) is 0.0612. The Balaban J connectivity index is 1.84. The molecular weight excluding hydrogens is 577 g/mol. The second kappa shape index (κ2) is 39.0. The van der Waals surface area contributed by atoms with Gasteiger partial charge in [-0.2, -0.15) is 0 Å². The van der Waals surface area contributed by atoms with Crippen LogP contribution in [-0.2, 0) is 12.8 Å². The average Bonchev–Trinajstić information content (AvgIpc) is 3.10. The summed E-state index contributed by atoms with van der Waals surface area (Å²) in [6.07, 6.45) is 58.1. The van der Waals surface area contributed by atoms with Crippen LogP contribution in [0, 0.1) is 0 Å². The molecule has 0 N–H and O–H groups in total. The maximum Gasteiger partial charge on any atom is -0.0276 e. The van der Waals surface area contributed by atoms with E-state index in [1.54, 1.807) is 11.1 Å². The van der Waals surface area contributed by atoms with E-state index in [0.717, 1.165) is 0 Å². The summed E-state index contributed by atoms with van der Waals surface area (Å²) in [6, 6.07) is 9.37. The molecule has 0 aliphatic heterocycles. The molecule has 0 radical (unpaired) electrons. The van der Waals surface area contributed by atoms with Crippen LogP contribution < -0.4 is 0 Å². The summed E-state index contributed by atoms with van der Waals surface area (Å²) >= 11 is 0. The Bertz CT molecular complexity index is 658. The predicted molar refractivity (Wildman–Crippen MR) is 221 cm³/mol. The van der Waals surface area contributed by atoms with Crippen molar-refractivity contribution < 1.29 is 0 Å². The molecular formula is C48H90. The lowest BCUT2D eigenvalue weighted by Crippen LogP contribution is -1.95. The van der Waals surface area contributed by atoms with E-state index in [2.05, 4.69) is 38.1 Å². The van der Waals surface area contributed by atoms with Crippen molar-refractivity contribution in [2.45, 2.75) is 271 Å². The first kappa shape index (κ1) is 45.2. The lowest BCUT2D eigenvalue weighted by molar-refractivity contribution is 0.522. The molecule has 0 nitrogen and oxygen atoms in total. The fraction of sp³-hybridized carbons (Fsp3) is 0.875. The Labute approximate surface area is 305 Å². The molecule has 0 unspecified atom stereocenters. The summed E-state index contributed by atoms with van der Waals surface area (Å²) in [7, 11) is 0. The number of rotatable bonds is 40. The summed E-state index contributed by atoms with van der Waals surface area (Å²) in [4.78, 5) is 0. The third-order valence-corrected chi connectivity index (χ3v) is 11.2. The van der Waals surface area contributed by atoms with Crippen LogP contribution in [-0.4, -0.2) is 0 Å². The molecule has 0 saturated heterocycles. The molecule has 282 valence electrons. The van der Waals surface area contributed by atoms with Crippen molar-refractivity contribution in [3.05, 3.63) is 35.4 Å². The third kappa shape index (κ3) is 32.4. The molecule has 0 fully saturated rings. The second-order valence-electron chi connectivity index (χ2n) is 16.0. The Morgan fingerprint density at radius 3 is 0.583 bits per heavy atom. The van der Waals surface area contributed by atoms with Gasteiger partial charge in [-0.05, 0) is 36.8 Å². The van der Waals surface area contributed by atoms with Crippen LogP contribution in [0.3, 0.4) is 0 Å². The Hall–Kier alpha value is -0.780. The van der Waals surface area contributed by atoms with Gasteiger partial charge in [-0.3, -0.25) is 0 Å². The molecule has 0 saturated carbocycles. The van der Waals surface area contributed by atoms with Gasteiger partial charge in [0, 0.05) is 0 Å². The molecule has 0 aliphatic rings. The summed E-state index contributed by atoms with van der Waals surface area (Å²) in [6.45, 7) is 4.62. The maximum atomic E-state index is 2.42. The van der Waals surface area contributed by atoms with Gasteiger partial charge in [-0.1, -0.05) is 269 Å². The van der Waals surface area contributed by atoms with Crippen molar-refractivity contribution in [1.29, 1.82) is 0 Å². The lowest BCUT2D eigenvalue weighted by Gasteiger charge is -2.10. The van der Waals surface area contributed by atoms with Crippen LogP contribution >= 0.6 is 0 Å². The van der Waals surface area contributed by atoms with Crippen molar-refractivity contribution >= 4 is 0 Å². The van der Waals surface area contributed by atoms with Crippen molar-refractivity contribution in [2.24, 2.45) is 0 Å². The van der Waals surface area contributed by atoms with Gasteiger partial charge >= 0.3 is 0 Å². The van der Waals surface area contributed by atoms with Crippen LogP contribution in [0.25, 0.3) is 0 Å². The molecule has 0 aromatic heterocycles. The fourth-order valence-electron chi connectivity index (χ4n) is 7.83. The van der Waals surface area contributed by atoms with Gasteiger partial charge in [0.2, 0.25) is 0 Å². The van der Waals surface area contributed by atoms with E-state index in [4.69, 9.17) is 0 Å². The summed E-state index contributed by atoms with van der Waals surface area (Å²) in [5, 5.41) is 0. The minimum atomic E-state index is 1.30. The summed E-state index contributed by atoms with van der Waals surface area (Å²) in [5.41, 5.74) is 3.29. The van der Waals surface area contributed by atoms with Crippen molar-refractivity contribution in [2.75, 3.05) is 0 Å². The summed E-state index contributed by atoms with van der Waals surface area (Å²) in [5.74, 6) is 0. The molecule has 0 aliphatic carbocycles.